The van der Waals surface area contributed by atoms with Crippen molar-refractivity contribution in [3.8, 4) is 0 Å². The van der Waals surface area contributed by atoms with Crippen molar-refractivity contribution in [3.05, 3.63) is 39.4 Å². The van der Waals surface area contributed by atoms with E-state index in [0.717, 1.165) is 6.07 Å². The first-order valence-electron chi connectivity index (χ1n) is 5.65. The largest absolute Gasteiger partial charge is 0.423 e. The molecule has 0 atom stereocenters. The second kappa shape index (κ2) is 8.49. The highest BCUT2D eigenvalue weighted by Crippen LogP contribution is 2.37. The average Bonchev–Trinajstić information content (AvgIpc) is 2.32. The van der Waals surface area contributed by atoms with Gasteiger partial charge in [0.1, 0.15) is 5.56 Å². The molecular weight excluding hydrogens is 247 g/mol. The molecule has 0 radical (unpaired) electrons. The molecule has 6 heteroatoms. The van der Waals surface area contributed by atoms with Crippen LogP contribution in [0.3, 0.4) is 0 Å². The molecule has 0 aromatic heterocycles. The second-order valence-electron chi connectivity index (χ2n) is 2.72. The van der Waals surface area contributed by atoms with Crippen LogP contribution in [-0.4, -0.2) is 4.92 Å². The first-order chi connectivity index (χ1) is 8.34. The van der Waals surface area contributed by atoms with Gasteiger partial charge in [0.05, 0.1) is 4.92 Å². The van der Waals surface area contributed by atoms with Gasteiger partial charge in [-0.05, 0) is 12.5 Å². The molecule has 0 bridgehead atoms. The van der Waals surface area contributed by atoms with Crippen LogP contribution in [0, 0.1) is 17.0 Å². The quantitative estimate of drug-likeness (QED) is 0.531. The third-order valence-electron chi connectivity index (χ3n) is 1.73. The zero-order chi connectivity index (χ0) is 14.9. The van der Waals surface area contributed by atoms with Crippen molar-refractivity contribution in [2.75, 3.05) is 0 Å². The van der Waals surface area contributed by atoms with E-state index < -0.39 is 22.4 Å². The zero-order valence-electron chi connectivity index (χ0n) is 11.1. The van der Waals surface area contributed by atoms with Gasteiger partial charge in [0, 0.05) is 6.07 Å². The van der Waals surface area contributed by atoms with Crippen molar-refractivity contribution in [2.45, 2.75) is 40.8 Å². The highest BCUT2D eigenvalue weighted by atomic mass is 19.4. The summed E-state index contributed by atoms with van der Waals surface area (Å²) in [7, 11) is 0. The summed E-state index contributed by atoms with van der Waals surface area (Å²) in [6.45, 7) is 9.19. The molecule has 0 fully saturated rings. The van der Waals surface area contributed by atoms with Gasteiger partial charge in [0.2, 0.25) is 0 Å². The van der Waals surface area contributed by atoms with Crippen LogP contribution in [0.4, 0.5) is 18.9 Å². The summed E-state index contributed by atoms with van der Waals surface area (Å²) >= 11 is 0. The van der Waals surface area contributed by atoms with Gasteiger partial charge in [0.15, 0.2) is 0 Å². The molecule has 0 unspecified atom stereocenters. The van der Waals surface area contributed by atoms with E-state index in [9.17, 15) is 23.3 Å². The molecule has 1 aromatic carbocycles. The minimum atomic E-state index is -4.69. The van der Waals surface area contributed by atoms with Crippen molar-refractivity contribution in [2.24, 2.45) is 0 Å². The second-order valence-corrected chi connectivity index (χ2v) is 2.72. The fourth-order valence-corrected chi connectivity index (χ4v) is 1.17. The average molecular weight is 265 g/mol. The molecule has 18 heavy (non-hydrogen) atoms. The van der Waals surface area contributed by atoms with E-state index in [1.54, 1.807) is 0 Å². The van der Waals surface area contributed by atoms with E-state index in [-0.39, 0.29) is 5.56 Å². The number of nitrogens with zero attached hydrogens (tertiary/aromatic N) is 1. The van der Waals surface area contributed by atoms with Gasteiger partial charge in [0.25, 0.3) is 5.69 Å². The maximum Gasteiger partial charge on any atom is 0.423 e. The van der Waals surface area contributed by atoms with Gasteiger partial charge in [-0.15, -0.1) is 0 Å². The van der Waals surface area contributed by atoms with Gasteiger partial charge in [-0.25, -0.2) is 0 Å². The predicted octanol–water partition coefficient (Wildman–Crippen LogP) is 4.97. The summed E-state index contributed by atoms with van der Waals surface area (Å²) < 4.78 is 37.1. The summed E-state index contributed by atoms with van der Waals surface area (Å²) in [6.07, 6.45) is -4.69. The number of hydrogen-bond acceptors (Lipinski definition) is 2. The van der Waals surface area contributed by atoms with Gasteiger partial charge in [-0.1, -0.05) is 39.8 Å². The molecule has 1 rings (SSSR count). The SMILES string of the molecule is CC.CC.Cc1cccc([N+](=O)[O-])c1C(F)(F)F. The molecule has 0 saturated carbocycles. The number of hydrogen-bond donors (Lipinski definition) is 0. The third kappa shape index (κ3) is 5.16. The van der Waals surface area contributed by atoms with Crippen molar-refractivity contribution < 1.29 is 18.1 Å². The van der Waals surface area contributed by atoms with Crippen LogP contribution in [0.5, 0.6) is 0 Å². The number of halogens is 3. The highest BCUT2D eigenvalue weighted by Gasteiger charge is 2.39. The minimum Gasteiger partial charge on any atom is -0.258 e. The number of nitro benzene ring substituents is 1. The Bertz CT molecular complexity index is 376. The van der Waals surface area contributed by atoms with Gasteiger partial charge in [-0.2, -0.15) is 13.2 Å². The fourth-order valence-electron chi connectivity index (χ4n) is 1.17. The number of rotatable bonds is 1. The molecule has 0 aliphatic carbocycles. The Morgan fingerprint density at radius 2 is 1.56 bits per heavy atom. The predicted molar refractivity (Wildman–Crippen MR) is 65.5 cm³/mol. The Hall–Kier alpha value is -1.59. The standard InChI is InChI=1S/C8H6F3NO2.2C2H6/c1-5-3-2-4-6(12(13)14)7(5)8(9,10)11;2*1-2/h2-4H,1H3;2*1-2H3. The van der Waals surface area contributed by atoms with Crippen LogP contribution < -0.4 is 0 Å². The smallest absolute Gasteiger partial charge is 0.258 e. The van der Waals surface area contributed by atoms with Crippen LogP contribution in [0.25, 0.3) is 0 Å². The molecule has 0 heterocycles. The van der Waals surface area contributed by atoms with Crippen LogP contribution >= 0.6 is 0 Å². The Kier molecular flexibility index (Phi) is 8.86. The third-order valence-corrected chi connectivity index (χ3v) is 1.73. The first-order valence-corrected chi connectivity index (χ1v) is 5.65. The van der Waals surface area contributed by atoms with E-state index in [4.69, 9.17) is 0 Å². The van der Waals surface area contributed by atoms with Crippen LogP contribution in [0.1, 0.15) is 38.8 Å². The Morgan fingerprint density at radius 3 is 1.83 bits per heavy atom. The lowest BCUT2D eigenvalue weighted by molar-refractivity contribution is -0.388. The highest BCUT2D eigenvalue weighted by molar-refractivity contribution is 5.46. The topological polar surface area (TPSA) is 43.1 Å². The van der Waals surface area contributed by atoms with Gasteiger partial charge >= 0.3 is 6.18 Å². The van der Waals surface area contributed by atoms with Crippen molar-refractivity contribution in [3.63, 3.8) is 0 Å². The number of nitro groups is 1. The fraction of sp³-hybridized carbons (Fsp3) is 0.500. The van der Waals surface area contributed by atoms with Crippen LogP contribution in [0.2, 0.25) is 0 Å². The maximum absolute atomic E-state index is 12.4. The van der Waals surface area contributed by atoms with E-state index in [1.165, 1.54) is 19.1 Å². The van der Waals surface area contributed by atoms with Crippen LogP contribution in [-0.2, 0) is 6.18 Å². The molecule has 0 amide bonds. The van der Waals surface area contributed by atoms with E-state index >= 15 is 0 Å². The number of alkyl halides is 3. The molecule has 0 saturated heterocycles. The lowest BCUT2D eigenvalue weighted by Gasteiger charge is -2.09. The summed E-state index contributed by atoms with van der Waals surface area (Å²) in [5, 5.41) is 10.3. The van der Waals surface area contributed by atoms with Crippen LogP contribution in [0.15, 0.2) is 18.2 Å². The summed E-state index contributed by atoms with van der Waals surface area (Å²) in [4.78, 5) is 9.29. The minimum absolute atomic E-state index is 0.147. The molecule has 0 aliphatic heterocycles. The number of benzene rings is 1. The van der Waals surface area contributed by atoms with E-state index in [2.05, 4.69) is 0 Å². The van der Waals surface area contributed by atoms with Gasteiger partial charge < -0.3 is 0 Å². The lowest BCUT2D eigenvalue weighted by atomic mass is 10.1. The molecule has 1 aromatic rings. The van der Waals surface area contributed by atoms with Crippen molar-refractivity contribution >= 4 is 5.69 Å². The maximum atomic E-state index is 12.4. The molecule has 3 nitrogen and oxygen atoms in total. The summed E-state index contributed by atoms with van der Waals surface area (Å²) in [5.74, 6) is 0. The van der Waals surface area contributed by atoms with Gasteiger partial charge in [-0.3, -0.25) is 10.1 Å². The Morgan fingerprint density at radius 1 is 1.11 bits per heavy atom. The molecule has 104 valence electrons. The zero-order valence-corrected chi connectivity index (χ0v) is 11.1. The Labute approximate surface area is 105 Å². The first kappa shape index (κ1) is 18.8. The number of aryl methyl sites for hydroxylation is 1. The molecule has 0 N–H and O–H groups in total. The normalized spacial score (nSPS) is 9.56. The Balaban J connectivity index is 0. The molecule has 0 spiro atoms. The monoisotopic (exact) mass is 265 g/mol. The van der Waals surface area contributed by atoms with E-state index in [1.807, 2.05) is 27.7 Å². The lowest BCUT2D eigenvalue weighted by Crippen LogP contribution is -2.10. The van der Waals surface area contributed by atoms with E-state index in [0.29, 0.717) is 0 Å². The summed E-state index contributed by atoms with van der Waals surface area (Å²) in [6, 6.07) is 3.26. The molecular formula is C12H18F3NO2. The van der Waals surface area contributed by atoms with Crippen molar-refractivity contribution in [1.82, 2.24) is 0 Å². The molecule has 0 aliphatic rings. The van der Waals surface area contributed by atoms with Crippen molar-refractivity contribution in [1.29, 1.82) is 0 Å². The summed E-state index contributed by atoms with van der Waals surface area (Å²) in [5.41, 5.74) is -2.23.